The van der Waals surface area contributed by atoms with Gasteiger partial charge in [-0.15, -0.1) is 0 Å². The number of carboxylic acid groups (broad SMARTS) is 1. The topological polar surface area (TPSA) is 97.4 Å². The van der Waals surface area contributed by atoms with Gasteiger partial charge in [-0.2, -0.15) is 10.5 Å². The molecule has 1 rings (SSSR count). The van der Waals surface area contributed by atoms with Crippen LogP contribution in [0.1, 0.15) is 10.4 Å². The van der Waals surface area contributed by atoms with Crippen molar-refractivity contribution < 1.29 is 14.6 Å². The zero-order chi connectivity index (χ0) is 14.1. The van der Waals surface area contributed by atoms with Crippen molar-refractivity contribution in [3.63, 3.8) is 0 Å². The van der Waals surface area contributed by atoms with Gasteiger partial charge in [0.2, 0.25) is 0 Å². The lowest BCUT2D eigenvalue weighted by Crippen LogP contribution is -2.29. The fourth-order valence-corrected chi connectivity index (χ4v) is 1.43. The second-order valence-corrected chi connectivity index (χ2v) is 3.71. The van der Waals surface area contributed by atoms with Gasteiger partial charge in [0.05, 0.1) is 30.8 Å². The highest BCUT2D eigenvalue weighted by Gasteiger charge is 2.06. The molecule has 0 radical (unpaired) electrons. The van der Waals surface area contributed by atoms with E-state index in [0.29, 0.717) is 12.3 Å². The Kier molecular flexibility index (Phi) is 5.87. The Labute approximate surface area is 111 Å². The lowest BCUT2D eigenvalue weighted by atomic mass is 10.2. The predicted octanol–water partition coefficient (Wildman–Crippen LogP) is 1.11. The number of carboxylic acids is 1. The lowest BCUT2D eigenvalue weighted by Gasteiger charge is -2.15. The first-order valence-corrected chi connectivity index (χ1v) is 5.59. The van der Waals surface area contributed by atoms with Gasteiger partial charge in [0, 0.05) is 6.54 Å². The minimum absolute atomic E-state index is 0.156. The van der Waals surface area contributed by atoms with Gasteiger partial charge in [-0.1, -0.05) is 6.07 Å². The van der Waals surface area contributed by atoms with Crippen LogP contribution in [-0.2, 0) is 0 Å². The number of aromatic carboxylic acids is 1. The summed E-state index contributed by atoms with van der Waals surface area (Å²) in [5.41, 5.74) is 0.156. The summed E-state index contributed by atoms with van der Waals surface area (Å²) in [5, 5.41) is 26.0. The van der Waals surface area contributed by atoms with Gasteiger partial charge in [0.25, 0.3) is 0 Å². The molecule has 1 aromatic carbocycles. The Morgan fingerprint density at radius 2 is 2.00 bits per heavy atom. The third kappa shape index (κ3) is 5.07. The second kappa shape index (κ2) is 7.70. The molecule has 1 N–H and O–H groups in total. The zero-order valence-corrected chi connectivity index (χ0v) is 10.2. The standard InChI is InChI=1S/C13H13N3O3/c14-4-6-16(7-5-15)8-9-19-12-3-1-2-11(10-12)13(17)18/h1-3,10H,6-9H2,(H,17,18). The molecule has 0 spiro atoms. The Balaban J connectivity index is 2.48. The number of hydrogen-bond donors (Lipinski definition) is 1. The van der Waals surface area contributed by atoms with Gasteiger partial charge < -0.3 is 9.84 Å². The highest BCUT2D eigenvalue weighted by atomic mass is 16.5. The van der Waals surface area contributed by atoms with Crippen molar-refractivity contribution in [1.29, 1.82) is 10.5 Å². The van der Waals surface area contributed by atoms with E-state index in [4.69, 9.17) is 20.4 Å². The van der Waals surface area contributed by atoms with Crippen molar-refractivity contribution in [2.75, 3.05) is 26.2 Å². The molecule has 1 aromatic rings. The number of ether oxygens (including phenoxy) is 1. The van der Waals surface area contributed by atoms with Crippen molar-refractivity contribution in [2.45, 2.75) is 0 Å². The van der Waals surface area contributed by atoms with Crippen LogP contribution in [0.4, 0.5) is 0 Å². The molecule has 0 bridgehead atoms. The molecular weight excluding hydrogens is 246 g/mol. The molecule has 0 saturated carbocycles. The Bertz CT molecular complexity index is 501. The highest BCUT2D eigenvalue weighted by molar-refractivity contribution is 5.87. The maximum absolute atomic E-state index is 10.8. The Morgan fingerprint density at radius 3 is 2.58 bits per heavy atom. The lowest BCUT2D eigenvalue weighted by molar-refractivity contribution is 0.0696. The summed E-state index contributed by atoms with van der Waals surface area (Å²) in [6.07, 6.45) is 0. The number of benzene rings is 1. The first kappa shape index (κ1) is 14.5. The summed E-state index contributed by atoms with van der Waals surface area (Å²) in [4.78, 5) is 12.4. The van der Waals surface area contributed by atoms with Crippen molar-refractivity contribution in [3.8, 4) is 17.9 Å². The fraction of sp³-hybridized carbons (Fsp3) is 0.308. The van der Waals surface area contributed by atoms with Crippen molar-refractivity contribution in [2.24, 2.45) is 0 Å². The number of hydrogen-bond acceptors (Lipinski definition) is 5. The van der Waals surface area contributed by atoms with Gasteiger partial charge >= 0.3 is 5.97 Å². The maximum Gasteiger partial charge on any atom is 0.335 e. The average molecular weight is 259 g/mol. The SMILES string of the molecule is N#CCN(CC#N)CCOc1cccc(C(=O)O)c1. The minimum atomic E-state index is -1.01. The number of rotatable bonds is 7. The van der Waals surface area contributed by atoms with Crippen LogP contribution in [0.3, 0.4) is 0 Å². The van der Waals surface area contributed by atoms with Crippen LogP contribution < -0.4 is 4.74 Å². The summed E-state index contributed by atoms with van der Waals surface area (Å²) >= 11 is 0. The minimum Gasteiger partial charge on any atom is -0.492 e. The molecule has 0 unspecified atom stereocenters. The monoisotopic (exact) mass is 259 g/mol. The summed E-state index contributed by atoms with van der Waals surface area (Å²) in [6, 6.07) is 10.1. The Morgan fingerprint density at radius 1 is 1.32 bits per heavy atom. The van der Waals surface area contributed by atoms with Gasteiger partial charge in [-0.05, 0) is 18.2 Å². The molecule has 0 aliphatic heterocycles. The van der Waals surface area contributed by atoms with E-state index in [2.05, 4.69) is 0 Å². The molecule has 0 aliphatic rings. The second-order valence-electron chi connectivity index (χ2n) is 3.71. The van der Waals surface area contributed by atoms with Crippen LogP contribution in [0.15, 0.2) is 24.3 Å². The van der Waals surface area contributed by atoms with E-state index in [-0.39, 0.29) is 25.3 Å². The molecule has 0 aliphatic carbocycles. The molecule has 0 atom stereocenters. The van der Waals surface area contributed by atoms with E-state index >= 15 is 0 Å². The maximum atomic E-state index is 10.8. The third-order valence-electron chi connectivity index (χ3n) is 2.35. The smallest absolute Gasteiger partial charge is 0.335 e. The van der Waals surface area contributed by atoms with E-state index in [1.54, 1.807) is 17.0 Å². The summed E-state index contributed by atoms with van der Waals surface area (Å²) < 4.78 is 5.40. The largest absolute Gasteiger partial charge is 0.492 e. The molecule has 0 fully saturated rings. The predicted molar refractivity (Wildman–Crippen MR) is 66.6 cm³/mol. The third-order valence-corrected chi connectivity index (χ3v) is 2.35. The summed E-state index contributed by atoms with van der Waals surface area (Å²) in [5.74, 6) is -0.560. The van der Waals surface area contributed by atoms with Crippen LogP contribution in [0.5, 0.6) is 5.75 Å². The fourth-order valence-electron chi connectivity index (χ4n) is 1.43. The van der Waals surface area contributed by atoms with Crippen LogP contribution in [0, 0.1) is 22.7 Å². The molecule has 0 saturated heterocycles. The van der Waals surface area contributed by atoms with Crippen LogP contribution in [-0.4, -0.2) is 42.2 Å². The van der Waals surface area contributed by atoms with E-state index in [1.807, 2.05) is 12.1 Å². The Hall–Kier alpha value is -2.57. The van der Waals surface area contributed by atoms with Crippen LogP contribution >= 0.6 is 0 Å². The van der Waals surface area contributed by atoms with Gasteiger partial charge in [-0.3, -0.25) is 4.90 Å². The number of nitriles is 2. The molecule has 0 amide bonds. The molecule has 19 heavy (non-hydrogen) atoms. The van der Waals surface area contributed by atoms with Crippen molar-refractivity contribution >= 4 is 5.97 Å². The number of nitrogens with zero attached hydrogens (tertiary/aromatic N) is 3. The first-order valence-electron chi connectivity index (χ1n) is 5.59. The molecule has 6 heteroatoms. The zero-order valence-electron chi connectivity index (χ0n) is 10.2. The summed E-state index contributed by atoms with van der Waals surface area (Å²) in [6.45, 7) is 1.03. The van der Waals surface area contributed by atoms with Crippen molar-refractivity contribution in [1.82, 2.24) is 4.90 Å². The molecule has 6 nitrogen and oxygen atoms in total. The van der Waals surface area contributed by atoms with E-state index in [1.165, 1.54) is 12.1 Å². The number of carbonyl (C=O) groups is 1. The van der Waals surface area contributed by atoms with E-state index in [0.717, 1.165) is 0 Å². The van der Waals surface area contributed by atoms with Crippen LogP contribution in [0.25, 0.3) is 0 Å². The van der Waals surface area contributed by atoms with Crippen LogP contribution in [0.2, 0.25) is 0 Å². The van der Waals surface area contributed by atoms with Gasteiger partial charge in [0.1, 0.15) is 12.4 Å². The normalized spacial score (nSPS) is 9.63. The first-order chi connectivity index (χ1) is 9.17. The molecule has 0 heterocycles. The summed E-state index contributed by atoms with van der Waals surface area (Å²) in [7, 11) is 0. The van der Waals surface area contributed by atoms with E-state index < -0.39 is 5.97 Å². The molecule has 98 valence electrons. The highest BCUT2D eigenvalue weighted by Crippen LogP contribution is 2.13. The molecular formula is C13H13N3O3. The van der Waals surface area contributed by atoms with Gasteiger partial charge in [0.15, 0.2) is 0 Å². The molecule has 0 aromatic heterocycles. The van der Waals surface area contributed by atoms with Gasteiger partial charge in [-0.25, -0.2) is 4.79 Å². The average Bonchev–Trinajstić information content (AvgIpc) is 2.39. The quantitative estimate of drug-likeness (QED) is 0.737. The van der Waals surface area contributed by atoms with E-state index in [9.17, 15) is 4.79 Å². The van der Waals surface area contributed by atoms with Crippen molar-refractivity contribution in [3.05, 3.63) is 29.8 Å².